The highest BCUT2D eigenvalue weighted by Gasteiger charge is 2.45. The van der Waals surface area contributed by atoms with E-state index in [1.54, 1.807) is 12.3 Å². The number of hydrogen-bond acceptors (Lipinski definition) is 4. The SMILES string of the molecule is CO[C@@]1(CO)NC(=O)C(=Cc2c[nH]c3ccccc23)NC1=O. The summed E-state index contributed by atoms with van der Waals surface area (Å²) in [7, 11) is 1.24. The van der Waals surface area contributed by atoms with Crippen molar-refractivity contribution in [2.45, 2.75) is 5.72 Å². The van der Waals surface area contributed by atoms with E-state index in [9.17, 15) is 14.7 Å². The fraction of sp³-hybridized carbons (Fsp3) is 0.200. The highest BCUT2D eigenvalue weighted by molar-refractivity contribution is 6.09. The van der Waals surface area contributed by atoms with Crippen LogP contribution < -0.4 is 10.6 Å². The number of amides is 2. The first-order valence-corrected chi connectivity index (χ1v) is 6.67. The van der Waals surface area contributed by atoms with Crippen molar-refractivity contribution in [2.24, 2.45) is 0 Å². The van der Waals surface area contributed by atoms with Crippen LogP contribution in [0.2, 0.25) is 0 Å². The van der Waals surface area contributed by atoms with Gasteiger partial charge < -0.3 is 25.5 Å². The molecule has 0 bridgehead atoms. The zero-order valence-electron chi connectivity index (χ0n) is 11.8. The molecular weight excluding hydrogens is 286 g/mol. The minimum absolute atomic E-state index is 0.0934. The van der Waals surface area contributed by atoms with E-state index in [4.69, 9.17) is 4.74 Å². The Bertz CT molecular complexity index is 774. The molecule has 2 heterocycles. The van der Waals surface area contributed by atoms with Gasteiger partial charge in [-0.1, -0.05) is 18.2 Å². The molecule has 1 fully saturated rings. The number of H-pyrrole nitrogens is 1. The Labute approximate surface area is 126 Å². The molecule has 1 aliphatic rings. The molecule has 4 N–H and O–H groups in total. The number of methoxy groups -OCH3 is 1. The van der Waals surface area contributed by atoms with Crippen LogP contribution in [-0.4, -0.2) is 41.3 Å². The molecule has 22 heavy (non-hydrogen) atoms. The van der Waals surface area contributed by atoms with Crippen LogP contribution in [0.4, 0.5) is 0 Å². The van der Waals surface area contributed by atoms with Gasteiger partial charge in [0.1, 0.15) is 12.3 Å². The van der Waals surface area contributed by atoms with Gasteiger partial charge in [-0.3, -0.25) is 9.59 Å². The molecule has 0 aliphatic carbocycles. The molecule has 7 heteroatoms. The molecule has 114 valence electrons. The summed E-state index contributed by atoms with van der Waals surface area (Å²) in [5.41, 5.74) is 0.0542. The Balaban J connectivity index is 1.96. The third-order valence-corrected chi connectivity index (χ3v) is 3.67. The molecule has 2 amide bonds. The number of piperazine rings is 1. The standard InChI is InChI=1S/C15H15N3O4/c1-22-15(8-19)14(21)17-12(13(20)18-15)6-9-7-16-11-5-3-2-4-10(9)11/h2-7,16,19H,8H2,1H3,(H,17,21)(H,18,20)/t15-/m1/s1. The first kappa shape index (κ1) is 14.3. The summed E-state index contributed by atoms with van der Waals surface area (Å²) in [5, 5.41) is 15.1. The van der Waals surface area contributed by atoms with E-state index in [-0.39, 0.29) is 5.70 Å². The maximum atomic E-state index is 12.1. The zero-order chi connectivity index (χ0) is 15.7. The van der Waals surface area contributed by atoms with Crippen LogP contribution in [0.15, 0.2) is 36.2 Å². The van der Waals surface area contributed by atoms with Gasteiger partial charge in [-0.05, 0) is 12.1 Å². The number of aliphatic hydroxyl groups excluding tert-OH is 1. The number of aromatic nitrogens is 1. The molecule has 2 aromatic rings. The first-order chi connectivity index (χ1) is 10.6. The monoisotopic (exact) mass is 301 g/mol. The third kappa shape index (κ3) is 2.16. The van der Waals surface area contributed by atoms with Crippen molar-refractivity contribution in [2.75, 3.05) is 13.7 Å². The molecule has 1 atom stereocenters. The van der Waals surface area contributed by atoms with Gasteiger partial charge >= 0.3 is 0 Å². The number of benzene rings is 1. The van der Waals surface area contributed by atoms with Gasteiger partial charge in [0.15, 0.2) is 0 Å². The number of rotatable bonds is 3. The lowest BCUT2D eigenvalue weighted by molar-refractivity contribution is -0.162. The minimum Gasteiger partial charge on any atom is -0.391 e. The summed E-state index contributed by atoms with van der Waals surface area (Å²) < 4.78 is 4.94. The number of aliphatic hydroxyl groups is 1. The first-order valence-electron chi connectivity index (χ1n) is 6.67. The van der Waals surface area contributed by atoms with Crippen LogP contribution in [0.25, 0.3) is 17.0 Å². The van der Waals surface area contributed by atoms with E-state index in [0.29, 0.717) is 0 Å². The van der Waals surface area contributed by atoms with E-state index in [1.807, 2.05) is 24.3 Å². The number of ether oxygens (including phenoxy) is 1. The van der Waals surface area contributed by atoms with Crippen molar-refractivity contribution in [1.82, 2.24) is 15.6 Å². The van der Waals surface area contributed by atoms with Crippen molar-refractivity contribution in [3.63, 3.8) is 0 Å². The Morgan fingerprint density at radius 1 is 1.32 bits per heavy atom. The molecule has 0 spiro atoms. The van der Waals surface area contributed by atoms with Crippen LogP contribution in [0.3, 0.4) is 0 Å². The second-order valence-electron chi connectivity index (χ2n) is 4.95. The van der Waals surface area contributed by atoms with E-state index in [1.165, 1.54) is 7.11 Å². The van der Waals surface area contributed by atoms with Crippen LogP contribution in [-0.2, 0) is 14.3 Å². The van der Waals surface area contributed by atoms with Crippen molar-refractivity contribution in [3.05, 3.63) is 41.7 Å². The molecule has 0 unspecified atom stereocenters. The van der Waals surface area contributed by atoms with Crippen LogP contribution in [0.5, 0.6) is 0 Å². The van der Waals surface area contributed by atoms with Gasteiger partial charge in [0.25, 0.3) is 11.8 Å². The smallest absolute Gasteiger partial charge is 0.280 e. The number of aromatic amines is 1. The Kier molecular flexibility index (Phi) is 3.44. The summed E-state index contributed by atoms with van der Waals surface area (Å²) in [5.74, 6) is -1.15. The molecule has 1 aromatic heterocycles. The lowest BCUT2D eigenvalue weighted by atomic mass is 10.1. The van der Waals surface area contributed by atoms with Gasteiger partial charge in [-0.15, -0.1) is 0 Å². The van der Waals surface area contributed by atoms with Gasteiger partial charge in [0.2, 0.25) is 5.72 Å². The zero-order valence-corrected chi connectivity index (χ0v) is 11.8. The van der Waals surface area contributed by atoms with Gasteiger partial charge in [-0.25, -0.2) is 0 Å². The third-order valence-electron chi connectivity index (χ3n) is 3.67. The number of carbonyl (C=O) groups is 2. The number of para-hydroxylation sites is 1. The topological polar surface area (TPSA) is 103 Å². The molecule has 0 radical (unpaired) electrons. The van der Waals surface area contributed by atoms with Crippen LogP contribution in [0.1, 0.15) is 5.56 Å². The van der Waals surface area contributed by atoms with E-state index >= 15 is 0 Å². The number of fused-ring (bicyclic) bond motifs is 1. The van der Waals surface area contributed by atoms with Gasteiger partial charge in [0.05, 0.1) is 0 Å². The second kappa shape index (κ2) is 5.28. The Morgan fingerprint density at radius 2 is 2.09 bits per heavy atom. The average molecular weight is 301 g/mol. The normalized spacial score (nSPS) is 23.6. The fourth-order valence-corrected chi connectivity index (χ4v) is 2.38. The maximum absolute atomic E-state index is 12.1. The summed E-state index contributed by atoms with van der Waals surface area (Å²) in [6.07, 6.45) is 3.32. The average Bonchev–Trinajstić information content (AvgIpc) is 2.94. The summed E-state index contributed by atoms with van der Waals surface area (Å²) in [6, 6.07) is 7.62. The lowest BCUT2D eigenvalue weighted by Gasteiger charge is -2.34. The maximum Gasteiger partial charge on any atom is 0.280 e. The lowest BCUT2D eigenvalue weighted by Crippen LogP contribution is -2.67. The molecule has 0 saturated carbocycles. The number of hydrogen-bond donors (Lipinski definition) is 4. The Morgan fingerprint density at radius 3 is 2.82 bits per heavy atom. The highest BCUT2D eigenvalue weighted by Crippen LogP contribution is 2.21. The molecule has 1 saturated heterocycles. The van der Waals surface area contributed by atoms with E-state index in [2.05, 4.69) is 15.6 Å². The molecular formula is C15H15N3O4. The largest absolute Gasteiger partial charge is 0.391 e. The van der Waals surface area contributed by atoms with Crippen LogP contribution in [0, 0.1) is 0 Å². The fourth-order valence-electron chi connectivity index (χ4n) is 2.38. The molecule has 1 aromatic carbocycles. The number of nitrogens with one attached hydrogen (secondary N) is 3. The van der Waals surface area contributed by atoms with E-state index < -0.39 is 24.1 Å². The summed E-state index contributed by atoms with van der Waals surface area (Å²) in [4.78, 5) is 27.3. The number of carbonyl (C=O) groups excluding carboxylic acids is 2. The van der Waals surface area contributed by atoms with Crippen molar-refractivity contribution in [3.8, 4) is 0 Å². The Hall–Kier alpha value is -2.64. The quantitative estimate of drug-likeness (QED) is 0.603. The van der Waals surface area contributed by atoms with E-state index in [0.717, 1.165) is 16.5 Å². The van der Waals surface area contributed by atoms with Crippen molar-refractivity contribution in [1.29, 1.82) is 0 Å². The van der Waals surface area contributed by atoms with Crippen molar-refractivity contribution < 1.29 is 19.4 Å². The van der Waals surface area contributed by atoms with Gasteiger partial charge in [0, 0.05) is 29.8 Å². The molecule has 1 aliphatic heterocycles. The minimum atomic E-state index is -1.74. The summed E-state index contributed by atoms with van der Waals surface area (Å²) >= 11 is 0. The summed E-state index contributed by atoms with van der Waals surface area (Å²) in [6.45, 7) is -0.651. The van der Waals surface area contributed by atoms with Crippen LogP contribution >= 0.6 is 0 Å². The highest BCUT2D eigenvalue weighted by atomic mass is 16.5. The van der Waals surface area contributed by atoms with Crippen molar-refractivity contribution >= 4 is 28.8 Å². The molecule has 7 nitrogen and oxygen atoms in total. The predicted molar refractivity (Wildman–Crippen MR) is 79.4 cm³/mol. The second-order valence-corrected chi connectivity index (χ2v) is 4.95. The molecule has 3 rings (SSSR count). The van der Waals surface area contributed by atoms with Gasteiger partial charge in [-0.2, -0.15) is 0 Å². The predicted octanol–water partition coefficient (Wildman–Crippen LogP) is 0.0898.